The molecule has 0 spiro atoms. The number of carbonyl (C=O) groups excluding carboxylic acids is 1. The summed E-state index contributed by atoms with van der Waals surface area (Å²) in [4.78, 5) is 11.8. The van der Waals surface area contributed by atoms with Gasteiger partial charge in [-0.2, -0.15) is 0 Å². The number of carbonyl (C=O) groups is 1. The number of para-hydroxylation sites is 1. The number of hydrogen-bond donors (Lipinski definition) is 1. The van der Waals surface area contributed by atoms with Gasteiger partial charge in [0.2, 0.25) is 5.91 Å². The molecule has 0 radical (unpaired) electrons. The van der Waals surface area contributed by atoms with Crippen molar-refractivity contribution in [2.45, 2.75) is 32.6 Å². The molecule has 1 heterocycles. The number of nitrogens with one attached hydrogen (secondary N) is 1. The summed E-state index contributed by atoms with van der Waals surface area (Å²) in [6.45, 7) is 2.14. The van der Waals surface area contributed by atoms with Gasteiger partial charge in [-0.25, -0.2) is 0 Å². The van der Waals surface area contributed by atoms with Crippen molar-refractivity contribution >= 4 is 22.5 Å². The highest BCUT2D eigenvalue weighted by Crippen LogP contribution is 2.25. The van der Waals surface area contributed by atoms with E-state index in [1.807, 2.05) is 36.0 Å². The van der Waals surface area contributed by atoms with Gasteiger partial charge >= 0.3 is 0 Å². The van der Waals surface area contributed by atoms with Crippen molar-refractivity contribution < 1.29 is 4.79 Å². The molecule has 18 heavy (non-hydrogen) atoms. The van der Waals surface area contributed by atoms with E-state index in [4.69, 9.17) is 0 Å². The number of hydrogen-bond acceptors (Lipinski definition) is 1. The van der Waals surface area contributed by atoms with E-state index < -0.39 is 0 Å². The van der Waals surface area contributed by atoms with E-state index in [-0.39, 0.29) is 5.91 Å². The van der Waals surface area contributed by atoms with Crippen LogP contribution < -0.4 is 5.32 Å². The van der Waals surface area contributed by atoms with Gasteiger partial charge in [0.1, 0.15) is 0 Å². The van der Waals surface area contributed by atoms with Crippen LogP contribution in [0.3, 0.4) is 0 Å². The number of anilines is 1. The summed E-state index contributed by atoms with van der Waals surface area (Å²) in [5.74, 6) is 0.111. The largest absolute Gasteiger partial charge is 0.348 e. The Morgan fingerprint density at radius 2 is 2.06 bits per heavy atom. The highest BCUT2D eigenvalue weighted by molar-refractivity contribution is 6.01. The molecule has 1 aromatic carbocycles. The first-order valence-corrected chi connectivity index (χ1v) is 6.56. The van der Waals surface area contributed by atoms with Gasteiger partial charge in [-0.1, -0.05) is 38.0 Å². The van der Waals surface area contributed by atoms with Gasteiger partial charge in [0.25, 0.3) is 0 Å². The second-order valence-electron chi connectivity index (χ2n) is 4.68. The van der Waals surface area contributed by atoms with Gasteiger partial charge in [-0.05, 0) is 12.5 Å². The lowest BCUT2D eigenvalue weighted by Crippen LogP contribution is -2.10. The predicted octanol–water partition coefficient (Wildman–Crippen LogP) is 3.70. The number of amides is 1. The Balaban J connectivity index is 2.10. The molecule has 2 aromatic rings. The minimum absolute atomic E-state index is 0.111. The van der Waals surface area contributed by atoms with E-state index in [0.29, 0.717) is 6.42 Å². The van der Waals surface area contributed by atoms with Crippen molar-refractivity contribution in [2.75, 3.05) is 5.32 Å². The average Bonchev–Trinajstić information content (AvgIpc) is 2.67. The minimum Gasteiger partial charge on any atom is -0.348 e. The summed E-state index contributed by atoms with van der Waals surface area (Å²) in [5, 5.41) is 4.11. The number of fused-ring (bicyclic) bond motifs is 1. The van der Waals surface area contributed by atoms with Crippen molar-refractivity contribution in [2.24, 2.45) is 7.05 Å². The molecule has 96 valence electrons. The van der Waals surface area contributed by atoms with Crippen LogP contribution in [0, 0.1) is 0 Å². The molecule has 0 aliphatic heterocycles. The third-order valence-corrected chi connectivity index (χ3v) is 3.18. The molecule has 0 saturated heterocycles. The Morgan fingerprint density at radius 3 is 2.83 bits per heavy atom. The average molecular weight is 244 g/mol. The molecule has 0 fully saturated rings. The standard InChI is InChI=1S/C15H20N2O/c1-3-4-5-10-15(18)16-13-11-17(2)14-9-7-6-8-12(13)14/h6-9,11H,3-5,10H2,1-2H3,(H,16,18). The lowest BCUT2D eigenvalue weighted by atomic mass is 10.2. The molecular weight excluding hydrogens is 224 g/mol. The molecule has 0 aliphatic carbocycles. The van der Waals surface area contributed by atoms with Gasteiger partial charge in [-0.15, -0.1) is 0 Å². The second-order valence-corrected chi connectivity index (χ2v) is 4.68. The van der Waals surface area contributed by atoms with E-state index >= 15 is 0 Å². The molecular formula is C15H20N2O. The van der Waals surface area contributed by atoms with Crippen molar-refractivity contribution in [3.8, 4) is 0 Å². The van der Waals surface area contributed by atoms with Crippen LogP contribution in [0.15, 0.2) is 30.5 Å². The molecule has 0 saturated carbocycles. The predicted molar refractivity (Wildman–Crippen MR) is 75.7 cm³/mol. The van der Waals surface area contributed by atoms with E-state index in [1.165, 1.54) is 0 Å². The van der Waals surface area contributed by atoms with Crippen molar-refractivity contribution in [3.05, 3.63) is 30.5 Å². The zero-order valence-corrected chi connectivity index (χ0v) is 11.1. The zero-order valence-electron chi connectivity index (χ0n) is 11.1. The number of unbranched alkanes of at least 4 members (excludes halogenated alkanes) is 2. The first kappa shape index (κ1) is 12.7. The monoisotopic (exact) mass is 244 g/mol. The fourth-order valence-corrected chi connectivity index (χ4v) is 2.19. The second kappa shape index (κ2) is 5.71. The maximum absolute atomic E-state index is 11.8. The first-order chi connectivity index (χ1) is 8.72. The molecule has 0 atom stereocenters. The van der Waals surface area contributed by atoms with Crippen LogP contribution in [0.2, 0.25) is 0 Å². The van der Waals surface area contributed by atoms with Crippen molar-refractivity contribution in [1.82, 2.24) is 4.57 Å². The number of aromatic nitrogens is 1. The normalized spacial score (nSPS) is 10.8. The third kappa shape index (κ3) is 2.73. The number of rotatable bonds is 5. The summed E-state index contributed by atoms with van der Waals surface area (Å²) < 4.78 is 2.04. The van der Waals surface area contributed by atoms with Gasteiger partial charge in [-0.3, -0.25) is 4.79 Å². The van der Waals surface area contributed by atoms with Crippen molar-refractivity contribution in [1.29, 1.82) is 0 Å². The Bertz CT molecular complexity index is 542. The molecule has 3 nitrogen and oxygen atoms in total. The summed E-state index contributed by atoms with van der Waals surface area (Å²) in [5.41, 5.74) is 2.05. The van der Waals surface area contributed by atoms with Gasteiger partial charge in [0, 0.05) is 30.6 Å². The highest BCUT2D eigenvalue weighted by Gasteiger charge is 2.08. The lowest BCUT2D eigenvalue weighted by Gasteiger charge is -2.03. The maximum atomic E-state index is 11.8. The van der Waals surface area contributed by atoms with Gasteiger partial charge in [0.15, 0.2) is 0 Å². The van der Waals surface area contributed by atoms with Crippen LogP contribution in [0.4, 0.5) is 5.69 Å². The molecule has 2 rings (SSSR count). The molecule has 0 bridgehead atoms. The Hall–Kier alpha value is -1.77. The van der Waals surface area contributed by atoms with E-state index in [2.05, 4.69) is 18.3 Å². The summed E-state index contributed by atoms with van der Waals surface area (Å²) in [7, 11) is 2.00. The molecule has 1 aromatic heterocycles. The molecule has 0 aliphatic rings. The first-order valence-electron chi connectivity index (χ1n) is 6.56. The van der Waals surface area contributed by atoms with Crippen molar-refractivity contribution in [3.63, 3.8) is 0 Å². The molecule has 0 unspecified atom stereocenters. The third-order valence-electron chi connectivity index (χ3n) is 3.18. The number of nitrogens with zero attached hydrogens (tertiary/aromatic N) is 1. The highest BCUT2D eigenvalue weighted by atomic mass is 16.1. The van der Waals surface area contributed by atoms with Crippen LogP contribution >= 0.6 is 0 Å². The van der Waals surface area contributed by atoms with E-state index in [0.717, 1.165) is 35.9 Å². The fourth-order valence-electron chi connectivity index (χ4n) is 2.19. The number of benzene rings is 1. The topological polar surface area (TPSA) is 34.0 Å². The summed E-state index contributed by atoms with van der Waals surface area (Å²) in [6.07, 6.45) is 5.80. The summed E-state index contributed by atoms with van der Waals surface area (Å²) in [6, 6.07) is 8.10. The van der Waals surface area contributed by atoms with Crippen LogP contribution in [0.1, 0.15) is 32.6 Å². The van der Waals surface area contributed by atoms with Gasteiger partial charge in [0.05, 0.1) is 5.69 Å². The number of aryl methyl sites for hydroxylation is 1. The van der Waals surface area contributed by atoms with Gasteiger partial charge < -0.3 is 9.88 Å². The maximum Gasteiger partial charge on any atom is 0.224 e. The lowest BCUT2D eigenvalue weighted by molar-refractivity contribution is -0.116. The Labute approximate surface area is 108 Å². The van der Waals surface area contributed by atoms with Crippen LogP contribution in [-0.4, -0.2) is 10.5 Å². The zero-order chi connectivity index (χ0) is 13.0. The Kier molecular flexibility index (Phi) is 4.03. The molecule has 1 N–H and O–H groups in total. The summed E-state index contributed by atoms with van der Waals surface area (Å²) >= 11 is 0. The van der Waals surface area contributed by atoms with Crippen LogP contribution in [0.5, 0.6) is 0 Å². The molecule has 1 amide bonds. The van der Waals surface area contributed by atoms with Crippen LogP contribution in [0.25, 0.3) is 10.9 Å². The minimum atomic E-state index is 0.111. The molecule has 3 heteroatoms. The SMILES string of the molecule is CCCCCC(=O)Nc1cn(C)c2ccccc12. The van der Waals surface area contributed by atoms with E-state index in [1.54, 1.807) is 0 Å². The van der Waals surface area contributed by atoms with E-state index in [9.17, 15) is 4.79 Å². The van der Waals surface area contributed by atoms with Crippen LogP contribution in [-0.2, 0) is 11.8 Å². The smallest absolute Gasteiger partial charge is 0.224 e. The Morgan fingerprint density at radius 1 is 1.28 bits per heavy atom. The fraction of sp³-hybridized carbons (Fsp3) is 0.400. The quantitative estimate of drug-likeness (QED) is 0.799.